The summed E-state index contributed by atoms with van der Waals surface area (Å²) in [5.74, 6) is 0. The fraction of sp³-hybridized carbons (Fsp3) is 0. The number of anilines is 3. The Morgan fingerprint density at radius 3 is 1.63 bits per heavy atom. The van der Waals surface area contributed by atoms with Crippen molar-refractivity contribution < 1.29 is 0 Å². The maximum absolute atomic E-state index is 2.43. The van der Waals surface area contributed by atoms with Crippen LogP contribution in [0.1, 0.15) is 0 Å². The summed E-state index contributed by atoms with van der Waals surface area (Å²) in [4.78, 5) is 2.43. The topological polar surface area (TPSA) is 3.24 Å². The van der Waals surface area contributed by atoms with Gasteiger partial charge in [-0.25, -0.2) is 0 Å². The normalized spacial score (nSPS) is 11.7. The van der Waals surface area contributed by atoms with E-state index in [0.29, 0.717) is 0 Å². The van der Waals surface area contributed by atoms with Gasteiger partial charge < -0.3 is 4.90 Å². The number of nitrogens with zero attached hydrogens (tertiary/aromatic N) is 1. The monoisotopic (exact) mass is 703 g/mol. The summed E-state index contributed by atoms with van der Waals surface area (Å²) in [6.07, 6.45) is 0. The lowest BCUT2D eigenvalue weighted by molar-refractivity contribution is 1.30. The van der Waals surface area contributed by atoms with E-state index in [4.69, 9.17) is 0 Å². The summed E-state index contributed by atoms with van der Waals surface area (Å²) >= 11 is 1.86. The van der Waals surface area contributed by atoms with Crippen LogP contribution in [0.5, 0.6) is 0 Å². The summed E-state index contributed by atoms with van der Waals surface area (Å²) in [6, 6.07) is 73.5. The summed E-state index contributed by atoms with van der Waals surface area (Å²) in [5.41, 5.74) is 8.30. The van der Waals surface area contributed by atoms with Crippen molar-refractivity contribution in [3.63, 3.8) is 0 Å². The third-order valence-electron chi connectivity index (χ3n) is 11.1. The SMILES string of the molecule is c1ccc2c(-c3ccc(N(c4ccc(-c5ccc6ccc7c8ccccc8ccc7c6c5)cc4)c4cccc5sc6ccccc6c45)cc3)cccc2c1. The minimum atomic E-state index is 1.12. The molecule has 10 aromatic carbocycles. The molecule has 0 spiro atoms. The fourth-order valence-corrected chi connectivity index (χ4v) is 9.56. The van der Waals surface area contributed by atoms with Crippen LogP contribution >= 0.6 is 11.3 Å². The summed E-state index contributed by atoms with van der Waals surface area (Å²) in [6.45, 7) is 0. The molecule has 1 nitrogen and oxygen atoms in total. The van der Waals surface area contributed by atoms with E-state index in [1.165, 1.54) is 91.2 Å². The molecule has 0 atom stereocenters. The lowest BCUT2D eigenvalue weighted by Gasteiger charge is -2.27. The van der Waals surface area contributed by atoms with E-state index in [0.717, 1.165) is 11.4 Å². The molecule has 54 heavy (non-hydrogen) atoms. The van der Waals surface area contributed by atoms with Gasteiger partial charge in [0.1, 0.15) is 0 Å². The van der Waals surface area contributed by atoms with Crippen molar-refractivity contribution in [2.45, 2.75) is 0 Å². The highest BCUT2D eigenvalue weighted by Crippen LogP contribution is 2.45. The summed E-state index contributed by atoms with van der Waals surface area (Å²) < 4.78 is 2.59. The van der Waals surface area contributed by atoms with Gasteiger partial charge in [0.25, 0.3) is 0 Å². The zero-order chi connectivity index (χ0) is 35.6. The smallest absolute Gasteiger partial charge is 0.0554 e. The Hall–Kier alpha value is -6.74. The van der Waals surface area contributed by atoms with E-state index in [2.05, 4.69) is 205 Å². The lowest BCUT2D eigenvalue weighted by Crippen LogP contribution is -2.10. The van der Waals surface area contributed by atoms with Crippen LogP contribution in [0.2, 0.25) is 0 Å². The Morgan fingerprint density at radius 1 is 0.315 bits per heavy atom. The minimum Gasteiger partial charge on any atom is -0.310 e. The molecule has 1 heterocycles. The quantitative estimate of drug-likeness (QED) is 0.161. The first-order chi connectivity index (χ1) is 26.8. The van der Waals surface area contributed by atoms with Crippen molar-refractivity contribution in [1.82, 2.24) is 0 Å². The van der Waals surface area contributed by atoms with E-state index in [-0.39, 0.29) is 0 Å². The van der Waals surface area contributed by atoms with Gasteiger partial charge in [0.05, 0.1) is 5.69 Å². The summed E-state index contributed by atoms with van der Waals surface area (Å²) in [7, 11) is 0. The van der Waals surface area contributed by atoms with Gasteiger partial charge in [0.15, 0.2) is 0 Å². The third-order valence-corrected chi connectivity index (χ3v) is 12.2. The largest absolute Gasteiger partial charge is 0.310 e. The van der Waals surface area contributed by atoms with E-state index in [9.17, 15) is 0 Å². The highest BCUT2D eigenvalue weighted by Gasteiger charge is 2.19. The zero-order valence-electron chi connectivity index (χ0n) is 29.4. The van der Waals surface area contributed by atoms with Crippen LogP contribution in [0.4, 0.5) is 17.1 Å². The Balaban J connectivity index is 1.04. The van der Waals surface area contributed by atoms with Crippen LogP contribution in [0, 0.1) is 0 Å². The minimum absolute atomic E-state index is 1.12. The number of rotatable bonds is 5. The fourth-order valence-electron chi connectivity index (χ4n) is 8.44. The van der Waals surface area contributed by atoms with Gasteiger partial charge in [-0.15, -0.1) is 11.3 Å². The number of hydrogen-bond donors (Lipinski definition) is 0. The maximum Gasteiger partial charge on any atom is 0.0554 e. The van der Waals surface area contributed by atoms with Crippen LogP contribution in [0.15, 0.2) is 200 Å². The van der Waals surface area contributed by atoms with E-state index >= 15 is 0 Å². The first kappa shape index (κ1) is 30.8. The molecule has 11 rings (SSSR count). The van der Waals surface area contributed by atoms with Crippen LogP contribution in [0.25, 0.3) is 85.5 Å². The standard InChI is InChI=1S/C52H33NS/c1-3-12-42-35(9-1)11-7-15-43(42)37-23-29-41(30-24-37)53(49-16-8-18-51-52(49)47-14-5-6-17-50(47)54-51)40-27-21-34(22-28-40)39-20-19-38-26-31-45-44-13-4-2-10-36(44)25-32-46(45)48(38)33-39/h1-33H. The third kappa shape index (κ3) is 4.99. The zero-order valence-corrected chi connectivity index (χ0v) is 30.2. The molecule has 0 unspecified atom stereocenters. The first-order valence-corrected chi connectivity index (χ1v) is 19.3. The van der Waals surface area contributed by atoms with Gasteiger partial charge in [0, 0.05) is 31.5 Å². The van der Waals surface area contributed by atoms with Crippen molar-refractivity contribution in [3.8, 4) is 22.3 Å². The molecule has 0 saturated heterocycles. The number of benzene rings is 10. The molecule has 0 fully saturated rings. The van der Waals surface area contributed by atoms with E-state index < -0.39 is 0 Å². The molecule has 0 amide bonds. The lowest BCUT2D eigenvalue weighted by atomic mass is 9.94. The molecule has 1 aromatic heterocycles. The van der Waals surface area contributed by atoms with Crippen molar-refractivity contribution >= 4 is 91.7 Å². The molecule has 0 saturated carbocycles. The summed E-state index contributed by atoms with van der Waals surface area (Å²) in [5, 5.41) is 12.8. The van der Waals surface area contributed by atoms with Crippen LogP contribution in [-0.4, -0.2) is 0 Å². The molecule has 252 valence electrons. The van der Waals surface area contributed by atoms with Gasteiger partial charge in [0.2, 0.25) is 0 Å². The Labute approximate surface area is 317 Å². The van der Waals surface area contributed by atoms with Gasteiger partial charge in [-0.1, -0.05) is 152 Å². The molecule has 0 aliphatic heterocycles. The highest BCUT2D eigenvalue weighted by atomic mass is 32.1. The number of fused-ring (bicyclic) bond motifs is 9. The van der Waals surface area contributed by atoms with Crippen molar-refractivity contribution in [3.05, 3.63) is 200 Å². The van der Waals surface area contributed by atoms with Crippen LogP contribution < -0.4 is 4.90 Å². The molecule has 0 radical (unpaired) electrons. The number of hydrogen-bond acceptors (Lipinski definition) is 2. The van der Waals surface area contributed by atoms with Gasteiger partial charge in [-0.2, -0.15) is 0 Å². The number of thiophene rings is 1. The molecule has 0 aliphatic carbocycles. The van der Waals surface area contributed by atoms with E-state index in [1.807, 2.05) is 11.3 Å². The second-order valence-corrected chi connectivity index (χ2v) is 15.2. The Bertz CT molecular complexity index is 3200. The molecule has 2 heteroatoms. The van der Waals surface area contributed by atoms with Crippen molar-refractivity contribution in [2.75, 3.05) is 4.90 Å². The molecule has 0 N–H and O–H groups in total. The average Bonchev–Trinajstić information content (AvgIpc) is 3.63. The second kappa shape index (κ2) is 12.4. The highest BCUT2D eigenvalue weighted by molar-refractivity contribution is 7.26. The molecular formula is C52H33NS. The van der Waals surface area contributed by atoms with Gasteiger partial charge >= 0.3 is 0 Å². The van der Waals surface area contributed by atoms with Crippen LogP contribution in [-0.2, 0) is 0 Å². The van der Waals surface area contributed by atoms with Crippen LogP contribution in [0.3, 0.4) is 0 Å². The predicted octanol–water partition coefficient (Wildman–Crippen LogP) is 15.5. The molecular weight excluding hydrogens is 671 g/mol. The predicted molar refractivity (Wildman–Crippen MR) is 235 cm³/mol. The Morgan fingerprint density at radius 2 is 0.852 bits per heavy atom. The van der Waals surface area contributed by atoms with Gasteiger partial charge in [-0.05, 0) is 114 Å². The Kier molecular flexibility index (Phi) is 7.11. The molecule has 11 aromatic rings. The van der Waals surface area contributed by atoms with Crippen molar-refractivity contribution in [1.29, 1.82) is 0 Å². The van der Waals surface area contributed by atoms with E-state index in [1.54, 1.807) is 0 Å². The maximum atomic E-state index is 2.43. The van der Waals surface area contributed by atoms with Crippen molar-refractivity contribution in [2.24, 2.45) is 0 Å². The molecule has 0 bridgehead atoms. The first-order valence-electron chi connectivity index (χ1n) is 18.5. The van der Waals surface area contributed by atoms with Gasteiger partial charge in [-0.3, -0.25) is 0 Å². The molecule has 0 aliphatic rings. The average molecular weight is 704 g/mol. The second-order valence-electron chi connectivity index (χ2n) is 14.1.